The Hall–Kier alpha value is -18.1. The number of aromatic hydroxyl groups is 1. The van der Waals surface area contributed by atoms with Gasteiger partial charge in [0.15, 0.2) is 11.6 Å². The molecule has 0 saturated heterocycles. The molecule has 0 bridgehead atoms. The molecule has 6 aliphatic heterocycles. The molecule has 1 fully saturated rings. The second-order valence-corrected chi connectivity index (χ2v) is 33.5. The van der Waals surface area contributed by atoms with E-state index in [2.05, 4.69) is 163 Å². The normalized spacial score (nSPS) is 12.8. The Labute approximate surface area is 800 Å². The van der Waals surface area contributed by atoms with Crippen molar-refractivity contribution in [3.63, 3.8) is 0 Å². The second kappa shape index (κ2) is 40.8. The molecule has 0 spiro atoms. The first-order valence-corrected chi connectivity index (χ1v) is 45.2. The summed E-state index contributed by atoms with van der Waals surface area (Å²) < 4.78 is 38.4. The summed E-state index contributed by atoms with van der Waals surface area (Å²) in [5.74, 6) is 1.32. The maximum absolute atomic E-state index is 14.3. The van der Waals surface area contributed by atoms with Gasteiger partial charge in [0.2, 0.25) is 0 Å². The number of rotatable bonds is 15. The monoisotopic (exact) mass is 1820 g/mol. The fraction of sp³-hybridized carbons (Fsp3) is 0.104. The lowest BCUT2D eigenvalue weighted by atomic mass is 9.97. The van der Waals surface area contributed by atoms with Gasteiger partial charge in [-0.25, -0.2) is 8.78 Å². The smallest absolute Gasteiger partial charge is 0.165 e. The standard InChI is InChI=1S/C21H17N3.C19H14FN3O.C19H14FN3.C19H12N4.C19H15N3O.C18H13N3O/c1-3-15(14-6-7-14)9-16(4-1)21-19(5-2-8-23-21)17-10-18-11-22-13-20(18)24-12-17;1-24-18-8-12(4-5-16(18)20)19-15(3-2-6-22-19)13-7-14-9-21-11-17(14)23-10-13;1-12-4-5-17(20)16(7-12)19-15(3-2-6-22-19)13-8-14-9-21-11-18(14)23-10-13;20-9-13-3-1-4-14(7-13)19-17(5-2-6-22-19)15-8-16-10-21-12-18(16)23-11-15;1-23-16-5-2-4-13(9-16)19-17(6-3-7-21-19)14-8-15-10-20-12-18(15)22-11-14;22-15-4-1-3-12(8-15)18-16(5-2-6-20-18)13-7-14-9-19-11-17(14)21-10-13/h1-5,8-12,14H,6-7,13H2;2-10H,11H2,1H3;2-10H,11H2,1H3;1-8,10-11H,12H2;2-11H,12H2,1H3;1-10,22H,11H2. The van der Waals surface area contributed by atoms with Gasteiger partial charge in [0.1, 0.15) is 17.3 Å². The molecule has 1 N–H and O–H groups in total. The number of nitrogens with zero attached hydrogens (tertiary/aromatic N) is 19. The average Bonchev–Trinajstić information content (AvgIpc) is 1.80. The lowest BCUT2D eigenvalue weighted by Crippen LogP contribution is -1.95. The van der Waals surface area contributed by atoms with E-state index in [1.807, 2.05) is 215 Å². The van der Waals surface area contributed by atoms with Crippen LogP contribution in [0.5, 0.6) is 17.2 Å². The van der Waals surface area contributed by atoms with E-state index in [-0.39, 0.29) is 17.3 Å². The minimum Gasteiger partial charge on any atom is -0.508 e. The van der Waals surface area contributed by atoms with Crippen LogP contribution >= 0.6 is 0 Å². The van der Waals surface area contributed by atoms with Crippen LogP contribution in [-0.4, -0.2) is 116 Å². The van der Waals surface area contributed by atoms with E-state index in [0.29, 0.717) is 56.1 Å². The summed E-state index contributed by atoms with van der Waals surface area (Å²) in [4.78, 5) is 79.7. The molecule has 1 saturated carbocycles. The van der Waals surface area contributed by atoms with Crippen LogP contribution in [0, 0.1) is 29.9 Å². The van der Waals surface area contributed by atoms with Crippen molar-refractivity contribution in [1.82, 2.24) is 59.8 Å². The highest BCUT2D eigenvalue weighted by Crippen LogP contribution is 2.44. The second-order valence-electron chi connectivity index (χ2n) is 33.5. The maximum Gasteiger partial charge on any atom is 0.165 e. The van der Waals surface area contributed by atoms with E-state index in [9.17, 15) is 13.9 Å². The number of aliphatic imine (C=N–C) groups is 6. The number of fused-ring (bicyclic) bond motifs is 6. The van der Waals surface area contributed by atoms with Gasteiger partial charge in [0, 0.05) is 245 Å². The fourth-order valence-electron chi connectivity index (χ4n) is 17.1. The van der Waals surface area contributed by atoms with Gasteiger partial charge in [-0.2, -0.15) is 5.26 Å². The Morgan fingerprint density at radius 1 is 0.295 bits per heavy atom. The first-order valence-electron chi connectivity index (χ1n) is 45.2. The molecular formula is C115H85F2N19O3. The van der Waals surface area contributed by atoms with E-state index in [1.54, 1.807) is 74.5 Å². The third-order valence-corrected chi connectivity index (χ3v) is 24.3. The number of benzene rings is 6. The van der Waals surface area contributed by atoms with Crippen LogP contribution in [0.15, 0.2) is 347 Å². The van der Waals surface area contributed by atoms with Crippen molar-refractivity contribution in [2.45, 2.75) is 65.0 Å². The number of phenols is 1. The highest BCUT2D eigenvalue weighted by atomic mass is 19.1. The van der Waals surface area contributed by atoms with Crippen molar-refractivity contribution < 1.29 is 23.4 Å². The molecule has 22 nitrogen and oxygen atoms in total. The van der Waals surface area contributed by atoms with Crippen LogP contribution in [0.4, 0.5) is 8.78 Å². The first kappa shape index (κ1) is 88.8. The number of aryl methyl sites for hydroxylation is 1. The Balaban J connectivity index is 0.000000103. The molecule has 25 rings (SSSR count). The predicted molar refractivity (Wildman–Crippen MR) is 541 cm³/mol. The molecule has 7 aliphatic rings. The minimum atomic E-state index is -0.394. The van der Waals surface area contributed by atoms with Gasteiger partial charge in [0.25, 0.3) is 0 Å². The van der Waals surface area contributed by atoms with Crippen LogP contribution in [0.3, 0.4) is 0 Å². The number of hydrogen-bond acceptors (Lipinski definition) is 22. The summed E-state index contributed by atoms with van der Waals surface area (Å²) in [7, 11) is 3.12. The predicted octanol–water partition coefficient (Wildman–Crippen LogP) is 23.5. The Kier molecular flexibility index (Phi) is 26.0. The number of phenolic OH excluding ortho intramolecular Hbond substituents is 1. The average molecular weight is 1820 g/mol. The number of hydrogen-bond donors (Lipinski definition) is 1. The van der Waals surface area contributed by atoms with E-state index < -0.39 is 5.82 Å². The third kappa shape index (κ3) is 20.0. The molecule has 139 heavy (non-hydrogen) atoms. The molecule has 18 aromatic rings. The van der Waals surface area contributed by atoms with Crippen LogP contribution in [-0.2, 0) is 39.3 Å². The molecular weight excluding hydrogens is 1730 g/mol. The molecule has 0 amide bonds. The minimum absolute atomic E-state index is 0.198. The summed E-state index contributed by atoms with van der Waals surface area (Å²) in [5.41, 5.74) is 37.8. The van der Waals surface area contributed by atoms with Gasteiger partial charge in [-0.05, 0) is 177 Å². The first-order chi connectivity index (χ1) is 68.4. The number of ether oxygens (including phenoxy) is 2. The molecule has 0 atom stereocenters. The van der Waals surface area contributed by atoms with Crippen molar-refractivity contribution in [2.24, 2.45) is 30.0 Å². The van der Waals surface area contributed by atoms with Crippen molar-refractivity contribution in [3.8, 4) is 158 Å². The Bertz CT molecular complexity index is 8000. The highest BCUT2D eigenvalue weighted by Gasteiger charge is 2.26. The zero-order chi connectivity index (χ0) is 94.5. The molecule has 18 heterocycles. The third-order valence-electron chi connectivity index (χ3n) is 24.3. The molecule has 0 radical (unpaired) electrons. The molecule has 12 aromatic heterocycles. The van der Waals surface area contributed by atoms with E-state index >= 15 is 0 Å². The van der Waals surface area contributed by atoms with Crippen molar-refractivity contribution in [3.05, 3.63) is 413 Å². The zero-order valence-electron chi connectivity index (χ0n) is 75.7. The van der Waals surface area contributed by atoms with Crippen molar-refractivity contribution >= 4 is 37.3 Å². The van der Waals surface area contributed by atoms with Gasteiger partial charge in [-0.1, -0.05) is 103 Å². The summed E-state index contributed by atoms with van der Waals surface area (Å²) in [5, 5.41) is 18.8. The topological polar surface area (TPSA) is 291 Å². The summed E-state index contributed by atoms with van der Waals surface area (Å²) in [6.07, 6.45) is 35.6. The van der Waals surface area contributed by atoms with Gasteiger partial charge in [0.05, 0.1) is 133 Å². The van der Waals surface area contributed by atoms with Gasteiger partial charge in [-0.3, -0.25) is 89.8 Å². The van der Waals surface area contributed by atoms with E-state index in [1.165, 1.54) is 43.2 Å². The van der Waals surface area contributed by atoms with Crippen LogP contribution in [0.1, 0.15) is 103 Å². The van der Waals surface area contributed by atoms with Crippen molar-refractivity contribution in [1.29, 1.82) is 5.26 Å². The number of pyridine rings is 12. The van der Waals surface area contributed by atoms with Gasteiger partial charge in [-0.15, -0.1) is 0 Å². The highest BCUT2D eigenvalue weighted by molar-refractivity contribution is 5.95. The molecule has 0 unspecified atom stereocenters. The van der Waals surface area contributed by atoms with Gasteiger partial charge < -0.3 is 14.6 Å². The SMILES string of the molecule is C1=NCc2ncc(-c3cccnc3-c3cccc(C4CC4)c3)cc21.COc1cc(-c2ncccc2-c2cnc3c(c2)C=NC3)ccc1F.COc1cccc(-c2ncccc2-c2cnc3c(c2)C=NC3)c1.Cc1ccc(F)c(-c2ncccc2-c2cnc3c(c2)C=NC3)c1.N#Cc1cccc(-c2ncccc2-c2cnc3c(c2)C=NC3)c1.Oc1cccc(-c2ncccc2-c2cnc3c(c2)C=NC3)c1. The maximum atomic E-state index is 14.3. The quantitative estimate of drug-likeness (QED) is 0.0997. The number of aromatic nitrogens is 12. The van der Waals surface area contributed by atoms with E-state index in [4.69, 9.17) is 14.7 Å². The summed E-state index contributed by atoms with van der Waals surface area (Å²) in [6, 6.07) is 79.6. The Morgan fingerprint density at radius 3 is 0.993 bits per heavy atom. The number of nitriles is 1. The lowest BCUT2D eigenvalue weighted by molar-refractivity contribution is 0.387. The largest absolute Gasteiger partial charge is 0.508 e. The van der Waals surface area contributed by atoms with Crippen LogP contribution in [0.25, 0.3) is 134 Å². The molecule has 6 aromatic carbocycles. The molecule has 1 aliphatic carbocycles. The Morgan fingerprint density at radius 2 is 0.626 bits per heavy atom. The number of halogens is 2. The summed E-state index contributed by atoms with van der Waals surface area (Å²) in [6.45, 7) is 5.87. The summed E-state index contributed by atoms with van der Waals surface area (Å²) >= 11 is 0. The van der Waals surface area contributed by atoms with Crippen molar-refractivity contribution in [2.75, 3.05) is 14.2 Å². The van der Waals surface area contributed by atoms with Crippen LogP contribution in [0.2, 0.25) is 0 Å². The zero-order valence-corrected chi connectivity index (χ0v) is 75.7. The number of methoxy groups -OCH3 is 2. The van der Waals surface area contributed by atoms with Crippen LogP contribution < -0.4 is 9.47 Å². The lowest BCUT2D eigenvalue weighted by Gasteiger charge is -2.11. The molecule has 672 valence electrons. The van der Waals surface area contributed by atoms with E-state index in [0.717, 1.165) is 202 Å². The fourth-order valence-corrected chi connectivity index (χ4v) is 17.1. The molecule has 24 heteroatoms. The van der Waals surface area contributed by atoms with Gasteiger partial charge >= 0.3 is 0 Å².